The van der Waals surface area contributed by atoms with E-state index in [0.717, 1.165) is 12.3 Å². The van der Waals surface area contributed by atoms with Crippen molar-refractivity contribution >= 4 is 0 Å². The summed E-state index contributed by atoms with van der Waals surface area (Å²) in [4.78, 5) is 0. The lowest BCUT2D eigenvalue weighted by atomic mass is 10.1. The van der Waals surface area contributed by atoms with E-state index in [-0.39, 0.29) is 21.2 Å². The first-order valence-corrected chi connectivity index (χ1v) is 7.77. The number of benzene rings is 1. The van der Waals surface area contributed by atoms with E-state index in [9.17, 15) is 0 Å². The minimum absolute atomic E-state index is 0.0565. The number of rotatable bonds is 2. The van der Waals surface area contributed by atoms with Crippen LogP contribution in [0.4, 0.5) is 0 Å². The molecule has 0 atom stereocenters. The van der Waals surface area contributed by atoms with Crippen LogP contribution in [0, 0.1) is 19.3 Å². The van der Waals surface area contributed by atoms with E-state index >= 15 is 0 Å². The molecule has 1 aliphatic rings. The summed E-state index contributed by atoms with van der Waals surface area (Å²) in [7, 11) is 0. The van der Waals surface area contributed by atoms with Gasteiger partial charge in [0.25, 0.3) is 0 Å². The largest absolute Gasteiger partial charge is 0.419 e. The zero-order chi connectivity index (χ0) is 10.3. The van der Waals surface area contributed by atoms with Gasteiger partial charge in [0.15, 0.2) is 3.93 Å². The SMILES string of the molecule is C(#C[I+]c1ccccc1)CC1CCCC1. The molecule has 0 saturated heterocycles. The van der Waals surface area contributed by atoms with Gasteiger partial charge in [0.2, 0.25) is 3.57 Å². The smallest absolute Gasteiger partial charge is 0.0619 e. The quantitative estimate of drug-likeness (QED) is 0.551. The van der Waals surface area contributed by atoms with E-state index in [2.05, 4.69) is 40.2 Å². The second kappa shape index (κ2) is 6.17. The third-order valence-electron chi connectivity index (χ3n) is 2.82. The van der Waals surface area contributed by atoms with E-state index in [0.29, 0.717) is 0 Å². The molecular formula is C14H16I+. The fraction of sp³-hybridized carbons (Fsp3) is 0.429. The highest BCUT2D eigenvalue weighted by molar-refractivity contribution is 5.01. The molecular weight excluding hydrogens is 295 g/mol. The van der Waals surface area contributed by atoms with Gasteiger partial charge >= 0.3 is 21.2 Å². The molecule has 1 aromatic carbocycles. The predicted octanol–water partition coefficient (Wildman–Crippen LogP) is 0.486. The summed E-state index contributed by atoms with van der Waals surface area (Å²) in [5.74, 6) is 4.29. The molecule has 0 radical (unpaired) electrons. The molecule has 0 N–H and O–H groups in total. The van der Waals surface area contributed by atoms with Gasteiger partial charge in [-0.3, -0.25) is 0 Å². The number of halogens is 1. The maximum Gasteiger partial charge on any atom is 0.419 e. The summed E-state index contributed by atoms with van der Waals surface area (Å²) in [6.07, 6.45) is 6.84. The summed E-state index contributed by atoms with van der Waals surface area (Å²) >= 11 is -0.0565. The first kappa shape index (κ1) is 11.0. The molecule has 0 amide bonds. The predicted molar refractivity (Wildman–Crippen MR) is 59.5 cm³/mol. The molecule has 0 nitrogen and oxygen atoms in total. The zero-order valence-electron chi connectivity index (χ0n) is 8.88. The topological polar surface area (TPSA) is 0 Å². The third kappa shape index (κ3) is 3.87. The Hall–Kier alpha value is -0.490. The van der Waals surface area contributed by atoms with Crippen LogP contribution in [0.5, 0.6) is 0 Å². The molecule has 0 unspecified atom stereocenters. The summed E-state index contributed by atoms with van der Waals surface area (Å²) < 4.78 is 4.83. The van der Waals surface area contributed by atoms with Crippen LogP contribution >= 0.6 is 0 Å². The summed E-state index contributed by atoms with van der Waals surface area (Å²) in [5.41, 5.74) is 0. The lowest BCUT2D eigenvalue weighted by molar-refractivity contribution is -0.535. The Labute approximate surface area is 103 Å². The Morgan fingerprint density at radius 2 is 1.87 bits per heavy atom. The second-order valence-electron chi connectivity index (χ2n) is 4.02. The Morgan fingerprint density at radius 3 is 2.60 bits per heavy atom. The fourth-order valence-corrected chi connectivity index (χ4v) is 3.46. The van der Waals surface area contributed by atoms with Crippen LogP contribution in [-0.4, -0.2) is 0 Å². The highest BCUT2D eigenvalue weighted by atomic mass is 127. The summed E-state index contributed by atoms with van der Waals surface area (Å²) in [6, 6.07) is 10.7. The van der Waals surface area contributed by atoms with Crippen molar-refractivity contribution in [1.29, 1.82) is 0 Å². The van der Waals surface area contributed by atoms with Gasteiger partial charge in [-0.1, -0.05) is 31.0 Å². The first-order chi connectivity index (χ1) is 7.45. The van der Waals surface area contributed by atoms with Gasteiger partial charge in [-0.05, 0) is 36.8 Å². The molecule has 0 spiro atoms. The van der Waals surface area contributed by atoms with Crippen molar-refractivity contribution in [1.82, 2.24) is 0 Å². The molecule has 1 aromatic rings. The average Bonchev–Trinajstić information content (AvgIpc) is 2.79. The zero-order valence-corrected chi connectivity index (χ0v) is 11.0. The van der Waals surface area contributed by atoms with Crippen LogP contribution in [0.25, 0.3) is 0 Å². The molecule has 1 aliphatic carbocycles. The lowest BCUT2D eigenvalue weighted by Crippen LogP contribution is -3.59. The Balaban J connectivity index is 1.75. The third-order valence-corrected chi connectivity index (χ3v) is 4.81. The molecule has 2 rings (SSSR count). The van der Waals surface area contributed by atoms with Gasteiger partial charge in [0, 0.05) is 6.42 Å². The van der Waals surface area contributed by atoms with Gasteiger partial charge < -0.3 is 0 Å². The van der Waals surface area contributed by atoms with E-state index in [4.69, 9.17) is 0 Å². The highest BCUT2D eigenvalue weighted by Crippen LogP contribution is 2.26. The van der Waals surface area contributed by atoms with Gasteiger partial charge in [-0.25, -0.2) is 0 Å². The molecule has 0 bridgehead atoms. The molecule has 78 valence electrons. The van der Waals surface area contributed by atoms with Crippen molar-refractivity contribution in [2.24, 2.45) is 5.92 Å². The second-order valence-corrected chi connectivity index (χ2v) is 6.34. The maximum absolute atomic E-state index is 3.39. The fourth-order valence-electron chi connectivity index (χ4n) is 1.96. The van der Waals surface area contributed by atoms with E-state index in [1.807, 2.05) is 0 Å². The van der Waals surface area contributed by atoms with E-state index in [1.165, 1.54) is 29.3 Å². The lowest BCUT2D eigenvalue weighted by Gasteiger charge is -1.99. The van der Waals surface area contributed by atoms with Gasteiger partial charge in [0.1, 0.15) is 0 Å². The summed E-state index contributed by atoms with van der Waals surface area (Å²) in [6.45, 7) is 0. The highest BCUT2D eigenvalue weighted by Gasteiger charge is 2.13. The van der Waals surface area contributed by atoms with Crippen molar-refractivity contribution in [2.45, 2.75) is 32.1 Å². The Kier molecular flexibility index (Phi) is 4.53. The van der Waals surface area contributed by atoms with Crippen LogP contribution in [0.2, 0.25) is 0 Å². The van der Waals surface area contributed by atoms with Crippen LogP contribution in [0.1, 0.15) is 32.1 Å². The Bertz CT molecular complexity index is 339. The van der Waals surface area contributed by atoms with Gasteiger partial charge in [0.05, 0.1) is 0 Å². The van der Waals surface area contributed by atoms with Crippen molar-refractivity contribution < 1.29 is 21.2 Å². The van der Waals surface area contributed by atoms with E-state index < -0.39 is 0 Å². The van der Waals surface area contributed by atoms with Gasteiger partial charge in [-0.2, -0.15) is 0 Å². The van der Waals surface area contributed by atoms with Gasteiger partial charge in [-0.15, -0.1) is 0 Å². The van der Waals surface area contributed by atoms with Crippen molar-refractivity contribution in [3.05, 3.63) is 33.9 Å². The molecule has 15 heavy (non-hydrogen) atoms. The minimum atomic E-state index is -0.0565. The van der Waals surface area contributed by atoms with E-state index in [1.54, 1.807) is 0 Å². The molecule has 1 saturated carbocycles. The normalized spacial score (nSPS) is 16.0. The average molecular weight is 311 g/mol. The molecule has 1 fully saturated rings. The van der Waals surface area contributed by atoms with Crippen molar-refractivity contribution in [3.8, 4) is 9.85 Å². The number of hydrogen-bond acceptors (Lipinski definition) is 0. The van der Waals surface area contributed by atoms with Crippen molar-refractivity contribution in [2.75, 3.05) is 0 Å². The Morgan fingerprint density at radius 1 is 1.13 bits per heavy atom. The van der Waals surface area contributed by atoms with Crippen LogP contribution in [-0.2, 0) is 0 Å². The van der Waals surface area contributed by atoms with Crippen LogP contribution in [0.3, 0.4) is 0 Å². The number of hydrogen-bond donors (Lipinski definition) is 0. The summed E-state index contributed by atoms with van der Waals surface area (Å²) in [5, 5.41) is 0. The van der Waals surface area contributed by atoms with Crippen LogP contribution in [0.15, 0.2) is 30.3 Å². The maximum atomic E-state index is 3.39. The first-order valence-electron chi connectivity index (χ1n) is 5.62. The molecule has 0 aromatic heterocycles. The minimum Gasteiger partial charge on any atom is -0.0619 e. The standard InChI is InChI=1S/C14H16I/c1-2-10-14(11-3-1)15-12-6-9-13-7-4-5-8-13/h1-3,10-11,13H,4-5,7-9H2/q+1. The molecule has 1 heteroatoms. The van der Waals surface area contributed by atoms with Crippen molar-refractivity contribution in [3.63, 3.8) is 0 Å². The molecule has 0 heterocycles. The monoisotopic (exact) mass is 311 g/mol. The van der Waals surface area contributed by atoms with Crippen LogP contribution < -0.4 is 21.2 Å². The molecule has 0 aliphatic heterocycles.